The highest BCUT2D eigenvalue weighted by molar-refractivity contribution is 7.92. The molecule has 3 aromatic rings. The minimum absolute atomic E-state index is 0.0288. The van der Waals surface area contributed by atoms with Gasteiger partial charge >= 0.3 is 6.09 Å². The molecule has 2 N–H and O–H groups in total. The van der Waals surface area contributed by atoms with Gasteiger partial charge in [-0.2, -0.15) is 0 Å². The van der Waals surface area contributed by atoms with Crippen LogP contribution in [0.4, 0.5) is 15.6 Å². The van der Waals surface area contributed by atoms with Gasteiger partial charge in [-0.15, -0.1) is 0 Å². The molecule has 0 radical (unpaired) electrons. The smallest absolute Gasteiger partial charge is 0.410 e. The zero-order chi connectivity index (χ0) is 20.3. The molecule has 0 atom stereocenters. The van der Waals surface area contributed by atoms with Crippen molar-refractivity contribution in [1.82, 2.24) is 9.97 Å². The number of carbonyl (C=O) groups excluding carboxylic acids is 1. The van der Waals surface area contributed by atoms with Crippen LogP contribution in [0.15, 0.2) is 42.6 Å². The molecule has 0 saturated carbocycles. The van der Waals surface area contributed by atoms with Gasteiger partial charge in [0.2, 0.25) is 10.0 Å². The van der Waals surface area contributed by atoms with Crippen molar-refractivity contribution in [2.75, 3.05) is 16.3 Å². The van der Waals surface area contributed by atoms with E-state index in [2.05, 4.69) is 20.0 Å². The number of hydrogen-bond donors (Lipinski definition) is 2. The molecule has 0 aliphatic carbocycles. The quantitative estimate of drug-likeness (QED) is 0.579. The van der Waals surface area contributed by atoms with Gasteiger partial charge in [-0.25, -0.2) is 23.2 Å². The van der Waals surface area contributed by atoms with E-state index in [-0.39, 0.29) is 10.8 Å². The molecular weight excluding hydrogens is 424 g/mol. The van der Waals surface area contributed by atoms with E-state index in [0.717, 1.165) is 6.26 Å². The summed E-state index contributed by atoms with van der Waals surface area (Å²) in [7, 11) is -3.51. The lowest BCUT2D eigenvalue weighted by Crippen LogP contribution is -2.16. The fraction of sp³-hybridized carbons (Fsp3) is 0.118. The summed E-state index contributed by atoms with van der Waals surface area (Å²) in [6.45, 7) is 1.76. The third kappa shape index (κ3) is 5.18. The van der Waals surface area contributed by atoms with Crippen molar-refractivity contribution >= 4 is 49.9 Å². The summed E-state index contributed by atoms with van der Waals surface area (Å²) in [5, 5.41) is 2.94. The van der Waals surface area contributed by atoms with E-state index in [1.807, 2.05) is 6.07 Å². The summed E-state index contributed by atoms with van der Waals surface area (Å²) in [4.78, 5) is 21.0. The third-order valence-corrected chi connectivity index (χ3v) is 5.37. The lowest BCUT2D eigenvalue weighted by Gasteiger charge is -2.07. The van der Waals surface area contributed by atoms with Gasteiger partial charge < -0.3 is 4.74 Å². The van der Waals surface area contributed by atoms with Crippen LogP contribution in [0, 0.1) is 6.92 Å². The molecule has 3 rings (SSSR count). The lowest BCUT2D eigenvalue weighted by molar-refractivity contribution is 0.215. The van der Waals surface area contributed by atoms with E-state index in [0.29, 0.717) is 27.0 Å². The van der Waals surface area contributed by atoms with Crippen molar-refractivity contribution in [3.05, 3.63) is 53.4 Å². The van der Waals surface area contributed by atoms with E-state index >= 15 is 0 Å². The number of nitrogens with one attached hydrogen (secondary N) is 2. The van der Waals surface area contributed by atoms with Crippen LogP contribution in [0.2, 0.25) is 5.15 Å². The Morgan fingerprint density at radius 3 is 2.64 bits per heavy atom. The number of ether oxygens (including phenoxy) is 1. The number of halogens is 1. The maximum Gasteiger partial charge on any atom is 0.418 e. The van der Waals surface area contributed by atoms with Crippen molar-refractivity contribution < 1.29 is 17.9 Å². The fourth-order valence-electron chi connectivity index (χ4n) is 2.27. The van der Waals surface area contributed by atoms with Crippen LogP contribution in [-0.4, -0.2) is 30.7 Å². The molecule has 1 aromatic carbocycles. The second kappa shape index (κ2) is 8.13. The van der Waals surface area contributed by atoms with Crippen molar-refractivity contribution in [1.29, 1.82) is 0 Å². The molecule has 11 heteroatoms. The molecule has 0 unspecified atom stereocenters. The first kappa shape index (κ1) is 20.1. The molecule has 0 fully saturated rings. The van der Waals surface area contributed by atoms with Gasteiger partial charge in [0.05, 0.1) is 22.5 Å². The first-order chi connectivity index (χ1) is 13.2. The summed E-state index contributed by atoms with van der Waals surface area (Å²) in [6, 6.07) is 10.2. The highest BCUT2D eigenvalue weighted by Crippen LogP contribution is 2.35. The minimum Gasteiger partial charge on any atom is -0.410 e. The molecule has 0 bridgehead atoms. The second-order valence-corrected chi connectivity index (χ2v) is 8.80. The van der Waals surface area contributed by atoms with E-state index in [1.54, 1.807) is 37.3 Å². The molecule has 8 nitrogen and oxygen atoms in total. The summed E-state index contributed by atoms with van der Waals surface area (Å²) in [5.74, 6) is 0.409. The monoisotopic (exact) mass is 438 g/mol. The average Bonchev–Trinajstić information content (AvgIpc) is 2.96. The highest BCUT2D eigenvalue weighted by atomic mass is 35.5. The molecule has 28 heavy (non-hydrogen) atoms. The Hall–Kier alpha value is -2.69. The predicted molar refractivity (Wildman–Crippen MR) is 110 cm³/mol. The largest absolute Gasteiger partial charge is 0.418 e. The first-order valence-corrected chi connectivity index (χ1v) is 10.9. The van der Waals surface area contributed by atoms with Crippen LogP contribution in [-0.2, 0) is 10.0 Å². The van der Waals surface area contributed by atoms with E-state index < -0.39 is 16.1 Å². The standard InChI is InChI=1S/C17H15ClN4O4S2/c1-10-14(11-8-13(15(18)19-9-11)22-28(2,24)25)27-16(20-10)21-17(23)26-12-6-4-3-5-7-12/h3-9,22H,1-2H3,(H,20,21,23). The SMILES string of the molecule is Cc1nc(NC(=O)Oc2ccccc2)sc1-c1cnc(Cl)c(NS(C)(=O)=O)c1. The molecular formula is C17H15ClN4O4S2. The summed E-state index contributed by atoms with van der Waals surface area (Å²) in [6.07, 6.45) is 1.86. The van der Waals surface area contributed by atoms with Gasteiger partial charge in [-0.3, -0.25) is 10.0 Å². The normalized spacial score (nSPS) is 11.1. The molecule has 0 aliphatic rings. The number of aromatic nitrogens is 2. The van der Waals surface area contributed by atoms with E-state index in [1.165, 1.54) is 17.5 Å². The summed E-state index contributed by atoms with van der Waals surface area (Å²) < 4.78 is 30.4. The number of hydrogen-bond acceptors (Lipinski definition) is 7. The first-order valence-electron chi connectivity index (χ1n) is 7.86. The summed E-state index contributed by atoms with van der Waals surface area (Å²) in [5.41, 5.74) is 1.40. The van der Waals surface area contributed by atoms with Crippen molar-refractivity contribution in [2.24, 2.45) is 0 Å². The second-order valence-electron chi connectivity index (χ2n) is 5.70. The van der Waals surface area contributed by atoms with E-state index in [4.69, 9.17) is 16.3 Å². The number of thiazole rings is 1. The van der Waals surface area contributed by atoms with Crippen LogP contribution >= 0.6 is 22.9 Å². The topological polar surface area (TPSA) is 110 Å². The Morgan fingerprint density at radius 1 is 1.25 bits per heavy atom. The number of pyridine rings is 1. The molecule has 0 aliphatic heterocycles. The number of nitrogens with zero attached hydrogens (tertiary/aromatic N) is 2. The zero-order valence-electron chi connectivity index (χ0n) is 14.8. The zero-order valence-corrected chi connectivity index (χ0v) is 17.2. The van der Waals surface area contributed by atoms with Crippen LogP contribution in [0.3, 0.4) is 0 Å². The molecule has 2 heterocycles. The number of anilines is 2. The number of sulfonamides is 1. The maximum absolute atomic E-state index is 12.0. The van der Waals surface area contributed by atoms with E-state index in [9.17, 15) is 13.2 Å². The minimum atomic E-state index is -3.51. The summed E-state index contributed by atoms with van der Waals surface area (Å²) >= 11 is 7.16. The van der Waals surface area contributed by atoms with Crippen molar-refractivity contribution in [2.45, 2.75) is 6.92 Å². The molecule has 1 amide bonds. The van der Waals surface area contributed by atoms with Gasteiger partial charge in [0.25, 0.3) is 0 Å². The third-order valence-electron chi connectivity index (χ3n) is 3.36. The van der Waals surface area contributed by atoms with Crippen LogP contribution in [0.25, 0.3) is 10.4 Å². The number of benzene rings is 1. The number of rotatable bonds is 5. The van der Waals surface area contributed by atoms with Gasteiger partial charge in [0.15, 0.2) is 10.3 Å². The Balaban J connectivity index is 1.80. The molecule has 0 saturated heterocycles. The number of aryl methyl sites for hydroxylation is 1. The van der Waals surface area contributed by atoms with Gasteiger partial charge in [0.1, 0.15) is 5.75 Å². The maximum atomic E-state index is 12.0. The molecule has 0 spiro atoms. The van der Waals surface area contributed by atoms with Gasteiger partial charge in [-0.05, 0) is 25.1 Å². The highest BCUT2D eigenvalue weighted by Gasteiger charge is 2.16. The predicted octanol–water partition coefficient (Wildman–Crippen LogP) is 4.15. The number of amides is 1. The van der Waals surface area contributed by atoms with Crippen molar-refractivity contribution in [3.63, 3.8) is 0 Å². The molecule has 2 aromatic heterocycles. The number of para-hydroxylation sites is 1. The Bertz CT molecular complexity index is 1120. The Labute approximate surface area is 170 Å². The average molecular weight is 439 g/mol. The van der Waals surface area contributed by atoms with Gasteiger partial charge in [-0.1, -0.05) is 41.1 Å². The van der Waals surface area contributed by atoms with Crippen LogP contribution in [0.5, 0.6) is 5.75 Å². The Kier molecular flexibility index (Phi) is 5.82. The number of carbonyl (C=O) groups is 1. The fourth-order valence-corrected chi connectivity index (χ4v) is 3.96. The lowest BCUT2D eigenvalue weighted by atomic mass is 10.2. The van der Waals surface area contributed by atoms with Crippen LogP contribution in [0.1, 0.15) is 5.69 Å². The molecule has 146 valence electrons. The Morgan fingerprint density at radius 2 is 1.96 bits per heavy atom. The van der Waals surface area contributed by atoms with Gasteiger partial charge in [0, 0.05) is 11.8 Å². The van der Waals surface area contributed by atoms with Crippen LogP contribution < -0.4 is 14.8 Å². The van der Waals surface area contributed by atoms with Crippen molar-refractivity contribution in [3.8, 4) is 16.2 Å².